The fraction of sp³-hybridized carbons (Fsp3) is 0. The molecule has 0 spiro atoms. The Bertz CT molecular complexity index is 3470. The first-order valence-corrected chi connectivity index (χ1v) is 22.0. The molecule has 0 bridgehead atoms. The summed E-state index contributed by atoms with van der Waals surface area (Å²) in [4.78, 5) is 6.93. The third kappa shape index (κ3) is 6.74. The molecule has 0 saturated carbocycles. The first kappa shape index (κ1) is 37.9. The molecule has 2 heterocycles. The molecule has 0 aliphatic heterocycles. The standard InChI is InChI=1S/C60H42N4O/c1-7-20-43(21-8-1)61(44-22-9-2-10-23-44)49-32-19-33-50(40-49)64-56-39-38-54-53-36-34-52(63(47-28-15-5-16-29-47)48-30-17-6-18-31-48)42-58(53)65-60(54)59(56)55-37-35-51(41-57(55)64)62(45-24-11-3-12-25-45)46-26-13-4-14-27-46/h1-42H. The lowest BCUT2D eigenvalue weighted by atomic mass is 10.1. The molecule has 12 rings (SSSR count). The minimum Gasteiger partial charge on any atom is -0.455 e. The van der Waals surface area contributed by atoms with Gasteiger partial charge in [-0.2, -0.15) is 0 Å². The number of anilines is 9. The molecule has 5 heteroatoms. The van der Waals surface area contributed by atoms with E-state index in [9.17, 15) is 0 Å². The van der Waals surface area contributed by atoms with Crippen molar-refractivity contribution in [2.24, 2.45) is 0 Å². The molecule has 0 N–H and O–H groups in total. The summed E-state index contributed by atoms with van der Waals surface area (Å²) in [5.41, 5.74) is 14.5. The lowest BCUT2D eigenvalue weighted by molar-refractivity contribution is 0.673. The summed E-state index contributed by atoms with van der Waals surface area (Å²) in [5.74, 6) is 0. The minimum absolute atomic E-state index is 0.835. The molecule has 0 radical (unpaired) electrons. The van der Waals surface area contributed by atoms with E-state index in [1.54, 1.807) is 0 Å². The van der Waals surface area contributed by atoms with Gasteiger partial charge in [-0.05, 0) is 133 Å². The number of rotatable bonds is 10. The Morgan fingerprint density at radius 2 is 0.662 bits per heavy atom. The van der Waals surface area contributed by atoms with E-state index in [0.29, 0.717) is 0 Å². The largest absolute Gasteiger partial charge is 0.455 e. The number of hydrogen-bond donors (Lipinski definition) is 0. The zero-order chi connectivity index (χ0) is 43.1. The van der Waals surface area contributed by atoms with Crippen molar-refractivity contribution in [3.8, 4) is 5.69 Å². The summed E-state index contributed by atoms with van der Waals surface area (Å²) >= 11 is 0. The quantitative estimate of drug-likeness (QED) is 0.137. The van der Waals surface area contributed by atoms with Crippen LogP contribution in [-0.2, 0) is 0 Å². The molecule has 0 aliphatic carbocycles. The summed E-state index contributed by atoms with van der Waals surface area (Å²) in [6, 6.07) is 90.2. The van der Waals surface area contributed by atoms with E-state index >= 15 is 0 Å². The highest BCUT2D eigenvalue weighted by molar-refractivity contribution is 6.24. The van der Waals surface area contributed by atoms with Crippen molar-refractivity contribution in [2.75, 3.05) is 14.7 Å². The summed E-state index contributed by atoms with van der Waals surface area (Å²) in [7, 11) is 0. The van der Waals surface area contributed by atoms with E-state index in [0.717, 1.165) is 101 Å². The van der Waals surface area contributed by atoms with Crippen molar-refractivity contribution in [1.82, 2.24) is 4.57 Å². The van der Waals surface area contributed by atoms with Crippen LogP contribution in [0.3, 0.4) is 0 Å². The Morgan fingerprint density at radius 1 is 0.277 bits per heavy atom. The van der Waals surface area contributed by atoms with Crippen LogP contribution < -0.4 is 14.7 Å². The first-order chi connectivity index (χ1) is 32.3. The molecule has 0 amide bonds. The maximum absolute atomic E-state index is 7.12. The minimum atomic E-state index is 0.835. The van der Waals surface area contributed by atoms with Crippen molar-refractivity contribution < 1.29 is 4.42 Å². The van der Waals surface area contributed by atoms with Gasteiger partial charge < -0.3 is 23.7 Å². The molecular formula is C60H42N4O. The van der Waals surface area contributed by atoms with Gasteiger partial charge in [0.1, 0.15) is 11.2 Å². The van der Waals surface area contributed by atoms with Gasteiger partial charge in [-0.15, -0.1) is 0 Å². The molecule has 0 fully saturated rings. The molecule has 10 aromatic carbocycles. The molecule has 12 aromatic rings. The van der Waals surface area contributed by atoms with E-state index < -0.39 is 0 Å². The number of para-hydroxylation sites is 6. The van der Waals surface area contributed by atoms with E-state index in [-0.39, 0.29) is 0 Å². The summed E-state index contributed by atoms with van der Waals surface area (Å²) < 4.78 is 9.53. The Labute approximate surface area is 377 Å². The van der Waals surface area contributed by atoms with Gasteiger partial charge in [0.05, 0.1) is 16.4 Å². The summed E-state index contributed by atoms with van der Waals surface area (Å²) in [6.45, 7) is 0. The van der Waals surface area contributed by atoms with Crippen LogP contribution in [0.2, 0.25) is 0 Å². The summed E-state index contributed by atoms with van der Waals surface area (Å²) in [6.07, 6.45) is 0. The second kappa shape index (κ2) is 16.2. The number of aromatic nitrogens is 1. The molecular weight excluding hydrogens is 793 g/mol. The SMILES string of the molecule is c1ccc(N(c2ccccc2)c2cccc(-n3c4cc(N(c5ccccc5)c5ccccc5)ccc4c4c5oc6cc(N(c7ccccc7)c7ccccc7)ccc6c5ccc43)c2)cc1. The number of furan rings is 1. The molecule has 65 heavy (non-hydrogen) atoms. The second-order valence-electron chi connectivity index (χ2n) is 16.2. The van der Waals surface area contributed by atoms with Crippen LogP contribution in [0.25, 0.3) is 49.4 Å². The molecule has 0 saturated heterocycles. The van der Waals surface area contributed by atoms with Gasteiger partial charge in [0.15, 0.2) is 0 Å². The van der Waals surface area contributed by atoms with Crippen LogP contribution in [0, 0.1) is 0 Å². The Kier molecular flexibility index (Phi) is 9.42. The smallest absolute Gasteiger partial charge is 0.145 e. The lowest BCUT2D eigenvalue weighted by Gasteiger charge is -2.26. The van der Waals surface area contributed by atoms with Crippen LogP contribution in [0.1, 0.15) is 0 Å². The van der Waals surface area contributed by atoms with Gasteiger partial charge in [-0.1, -0.05) is 115 Å². The Morgan fingerprint density at radius 3 is 1.12 bits per heavy atom. The fourth-order valence-corrected chi connectivity index (χ4v) is 9.44. The van der Waals surface area contributed by atoms with Gasteiger partial charge in [0.2, 0.25) is 0 Å². The number of hydrogen-bond acceptors (Lipinski definition) is 4. The predicted octanol–water partition coefficient (Wildman–Crippen LogP) is 17.1. The number of fused-ring (bicyclic) bond motifs is 7. The van der Waals surface area contributed by atoms with Crippen molar-refractivity contribution in [3.63, 3.8) is 0 Å². The van der Waals surface area contributed by atoms with Crippen molar-refractivity contribution >= 4 is 94.9 Å². The highest BCUT2D eigenvalue weighted by Gasteiger charge is 2.23. The van der Waals surface area contributed by atoms with E-state index in [4.69, 9.17) is 4.42 Å². The van der Waals surface area contributed by atoms with Crippen LogP contribution >= 0.6 is 0 Å². The second-order valence-corrected chi connectivity index (χ2v) is 16.2. The zero-order valence-electron chi connectivity index (χ0n) is 35.4. The topological polar surface area (TPSA) is 27.8 Å². The van der Waals surface area contributed by atoms with E-state index in [1.165, 1.54) is 0 Å². The molecule has 0 unspecified atom stereocenters. The lowest BCUT2D eigenvalue weighted by Crippen LogP contribution is -2.10. The van der Waals surface area contributed by atoms with Crippen LogP contribution in [0.5, 0.6) is 0 Å². The average Bonchev–Trinajstić information content (AvgIpc) is 3.91. The molecule has 2 aromatic heterocycles. The molecule has 0 atom stereocenters. The average molecular weight is 835 g/mol. The monoisotopic (exact) mass is 834 g/mol. The Balaban J connectivity index is 1.10. The maximum atomic E-state index is 7.12. The van der Waals surface area contributed by atoms with Gasteiger partial charge in [0, 0.05) is 79.1 Å². The van der Waals surface area contributed by atoms with Gasteiger partial charge in [-0.3, -0.25) is 0 Å². The molecule has 308 valence electrons. The van der Waals surface area contributed by atoms with Crippen LogP contribution in [0.15, 0.2) is 259 Å². The summed E-state index contributed by atoms with van der Waals surface area (Å²) in [5, 5.41) is 4.34. The van der Waals surface area contributed by atoms with Crippen molar-refractivity contribution in [1.29, 1.82) is 0 Å². The normalized spacial score (nSPS) is 11.4. The van der Waals surface area contributed by atoms with E-state index in [2.05, 4.69) is 274 Å². The third-order valence-corrected chi connectivity index (χ3v) is 12.3. The molecule has 5 nitrogen and oxygen atoms in total. The van der Waals surface area contributed by atoms with Gasteiger partial charge >= 0.3 is 0 Å². The first-order valence-electron chi connectivity index (χ1n) is 22.0. The van der Waals surface area contributed by atoms with E-state index in [1.807, 2.05) is 0 Å². The van der Waals surface area contributed by atoms with Crippen LogP contribution in [0.4, 0.5) is 51.2 Å². The predicted molar refractivity (Wildman–Crippen MR) is 272 cm³/mol. The molecule has 0 aliphatic rings. The van der Waals surface area contributed by atoms with Crippen molar-refractivity contribution in [3.05, 3.63) is 255 Å². The zero-order valence-corrected chi connectivity index (χ0v) is 35.4. The number of nitrogens with zero attached hydrogens (tertiary/aromatic N) is 4. The third-order valence-electron chi connectivity index (χ3n) is 12.3. The Hall–Kier alpha value is -8.80. The maximum Gasteiger partial charge on any atom is 0.145 e. The fourth-order valence-electron chi connectivity index (χ4n) is 9.44. The number of benzene rings is 10. The van der Waals surface area contributed by atoms with Crippen LogP contribution in [-0.4, -0.2) is 4.57 Å². The highest BCUT2D eigenvalue weighted by atomic mass is 16.3. The highest BCUT2D eigenvalue weighted by Crippen LogP contribution is 2.46. The van der Waals surface area contributed by atoms with Gasteiger partial charge in [0.25, 0.3) is 0 Å². The van der Waals surface area contributed by atoms with Gasteiger partial charge in [-0.25, -0.2) is 0 Å². The van der Waals surface area contributed by atoms with Crippen molar-refractivity contribution in [2.45, 2.75) is 0 Å².